The summed E-state index contributed by atoms with van der Waals surface area (Å²) in [5.41, 5.74) is 0.399. The van der Waals surface area contributed by atoms with E-state index in [9.17, 15) is 14.7 Å². The zero-order valence-electron chi connectivity index (χ0n) is 8.12. The van der Waals surface area contributed by atoms with Crippen LogP contribution in [0.3, 0.4) is 0 Å². The van der Waals surface area contributed by atoms with Crippen molar-refractivity contribution >= 4 is 11.8 Å². The summed E-state index contributed by atoms with van der Waals surface area (Å²) in [5.74, 6) is -2.32. The minimum atomic E-state index is -0.969. The fourth-order valence-corrected chi connectivity index (χ4v) is 1.76. The van der Waals surface area contributed by atoms with Crippen molar-refractivity contribution in [2.75, 3.05) is 0 Å². The first kappa shape index (κ1) is 10.8. The van der Waals surface area contributed by atoms with Crippen molar-refractivity contribution in [3.05, 3.63) is 11.3 Å². The van der Waals surface area contributed by atoms with Gasteiger partial charge in [-0.05, 0) is 24.8 Å². The maximum absolute atomic E-state index is 11.1. The highest BCUT2D eigenvalue weighted by atomic mass is 16.4. The van der Waals surface area contributed by atoms with Gasteiger partial charge in [0.2, 0.25) is 0 Å². The minimum absolute atomic E-state index is 0.314. The van der Waals surface area contributed by atoms with Crippen molar-refractivity contribution in [2.24, 2.45) is 5.92 Å². The number of carbonyl (C=O) groups excluding carboxylic acids is 1. The molecule has 2 N–H and O–H groups in total. The molecule has 0 saturated heterocycles. The molecule has 0 aliphatic heterocycles. The highest BCUT2D eigenvalue weighted by Gasteiger charge is 2.28. The van der Waals surface area contributed by atoms with E-state index in [0.717, 1.165) is 0 Å². The number of rotatable bonds is 3. The molecule has 0 aromatic rings. The molecule has 0 amide bonds. The van der Waals surface area contributed by atoms with Crippen molar-refractivity contribution in [2.45, 2.75) is 32.6 Å². The SMILES string of the molecule is CCC(C(=O)O)C1=C(O)C(=O)CCC1. The summed E-state index contributed by atoms with van der Waals surface area (Å²) in [4.78, 5) is 22.0. The van der Waals surface area contributed by atoms with Gasteiger partial charge in [0.1, 0.15) is 0 Å². The third-order valence-electron chi connectivity index (χ3n) is 2.55. The standard InChI is InChI=1S/C10H14O4/c1-2-6(10(13)14)7-4-3-5-8(11)9(7)12/h6,12H,2-5H2,1H3,(H,13,14). The van der Waals surface area contributed by atoms with E-state index in [4.69, 9.17) is 5.11 Å². The molecule has 1 unspecified atom stereocenters. The zero-order chi connectivity index (χ0) is 10.7. The van der Waals surface area contributed by atoms with E-state index >= 15 is 0 Å². The summed E-state index contributed by atoms with van der Waals surface area (Å²) in [5, 5.41) is 18.3. The number of ketones is 1. The van der Waals surface area contributed by atoms with Crippen molar-refractivity contribution < 1.29 is 19.8 Å². The molecular weight excluding hydrogens is 184 g/mol. The first-order valence-corrected chi connectivity index (χ1v) is 4.76. The van der Waals surface area contributed by atoms with E-state index in [0.29, 0.717) is 31.3 Å². The van der Waals surface area contributed by atoms with Gasteiger partial charge in [-0.15, -0.1) is 0 Å². The second-order valence-electron chi connectivity index (χ2n) is 3.45. The predicted molar refractivity (Wildman–Crippen MR) is 49.9 cm³/mol. The summed E-state index contributed by atoms with van der Waals surface area (Å²) in [7, 11) is 0. The second kappa shape index (κ2) is 4.26. The molecule has 1 atom stereocenters. The Morgan fingerprint density at radius 2 is 2.14 bits per heavy atom. The number of hydrogen-bond donors (Lipinski definition) is 2. The van der Waals surface area contributed by atoms with Crippen molar-refractivity contribution in [1.29, 1.82) is 0 Å². The van der Waals surface area contributed by atoms with Gasteiger partial charge in [-0.2, -0.15) is 0 Å². The number of allylic oxidation sites excluding steroid dienone is 1. The van der Waals surface area contributed by atoms with Gasteiger partial charge < -0.3 is 10.2 Å². The number of aliphatic hydroxyl groups excluding tert-OH is 1. The lowest BCUT2D eigenvalue weighted by molar-refractivity contribution is -0.140. The fraction of sp³-hybridized carbons (Fsp3) is 0.600. The Bertz CT molecular complexity index is 290. The molecule has 4 heteroatoms. The molecule has 0 fully saturated rings. The Balaban J connectivity index is 2.99. The maximum Gasteiger partial charge on any atom is 0.310 e. The molecule has 1 aliphatic rings. The van der Waals surface area contributed by atoms with Gasteiger partial charge in [-0.3, -0.25) is 9.59 Å². The number of Topliss-reactive ketones (excluding diaryl/α,β-unsaturated/α-hetero) is 1. The molecule has 0 saturated carbocycles. The number of carboxylic acid groups (broad SMARTS) is 1. The average Bonchev–Trinajstić information content (AvgIpc) is 2.13. The Morgan fingerprint density at radius 3 is 2.64 bits per heavy atom. The first-order chi connectivity index (χ1) is 6.57. The van der Waals surface area contributed by atoms with Crippen LogP contribution in [0.25, 0.3) is 0 Å². The minimum Gasteiger partial charge on any atom is -0.504 e. The third-order valence-corrected chi connectivity index (χ3v) is 2.55. The number of aliphatic carboxylic acids is 1. The molecule has 0 heterocycles. The molecule has 0 aromatic heterocycles. The van der Waals surface area contributed by atoms with Gasteiger partial charge in [-0.1, -0.05) is 6.92 Å². The highest BCUT2D eigenvalue weighted by Crippen LogP contribution is 2.28. The Hall–Kier alpha value is -1.32. The second-order valence-corrected chi connectivity index (χ2v) is 3.45. The summed E-state index contributed by atoms with van der Waals surface area (Å²) in [6.07, 6.45) is 1.89. The highest BCUT2D eigenvalue weighted by molar-refractivity contribution is 5.95. The van der Waals surface area contributed by atoms with Gasteiger partial charge in [0, 0.05) is 6.42 Å². The van der Waals surface area contributed by atoms with Crippen molar-refractivity contribution in [3.8, 4) is 0 Å². The molecule has 1 aliphatic carbocycles. The lowest BCUT2D eigenvalue weighted by Gasteiger charge is -2.19. The van der Waals surface area contributed by atoms with Gasteiger partial charge in [0.15, 0.2) is 11.5 Å². The van der Waals surface area contributed by atoms with E-state index in [-0.39, 0.29) is 11.5 Å². The smallest absolute Gasteiger partial charge is 0.310 e. The van der Waals surface area contributed by atoms with Gasteiger partial charge in [0.25, 0.3) is 0 Å². The molecule has 0 spiro atoms. The molecular formula is C10H14O4. The summed E-state index contributed by atoms with van der Waals surface area (Å²) in [6.45, 7) is 1.73. The zero-order valence-corrected chi connectivity index (χ0v) is 8.12. The Labute approximate surface area is 82.2 Å². The lowest BCUT2D eigenvalue weighted by atomic mass is 9.86. The molecule has 78 valence electrons. The molecule has 1 rings (SSSR count). The molecule has 0 aromatic carbocycles. The third kappa shape index (κ3) is 1.95. The number of carboxylic acids is 1. The van der Waals surface area contributed by atoms with Crippen LogP contribution in [-0.4, -0.2) is 22.0 Å². The molecule has 4 nitrogen and oxygen atoms in total. The van der Waals surface area contributed by atoms with Gasteiger partial charge in [0.05, 0.1) is 5.92 Å². The van der Waals surface area contributed by atoms with E-state index in [1.165, 1.54) is 0 Å². The number of carbonyl (C=O) groups is 2. The number of hydrogen-bond acceptors (Lipinski definition) is 3. The van der Waals surface area contributed by atoms with Crippen LogP contribution in [0.4, 0.5) is 0 Å². The quantitative estimate of drug-likeness (QED) is 0.723. The normalized spacial score (nSPS) is 19.6. The van der Waals surface area contributed by atoms with Crippen LogP contribution in [0.1, 0.15) is 32.6 Å². The first-order valence-electron chi connectivity index (χ1n) is 4.76. The van der Waals surface area contributed by atoms with Gasteiger partial charge in [-0.25, -0.2) is 0 Å². The monoisotopic (exact) mass is 198 g/mol. The maximum atomic E-state index is 11.1. The van der Waals surface area contributed by atoms with Crippen LogP contribution >= 0.6 is 0 Å². The molecule has 0 radical (unpaired) electrons. The fourth-order valence-electron chi connectivity index (χ4n) is 1.76. The van der Waals surface area contributed by atoms with E-state index in [1.807, 2.05) is 0 Å². The van der Waals surface area contributed by atoms with E-state index in [1.54, 1.807) is 6.92 Å². The topological polar surface area (TPSA) is 74.6 Å². The average molecular weight is 198 g/mol. The van der Waals surface area contributed by atoms with Crippen LogP contribution in [0.2, 0.25) is 0 Å². The van der Waals surface area contributed by atoms with Crippen molar-refractivity contribution in [3.63, 3.8) is 0 Å². The Morgan fingerprint density at radius 1 is 1.50 bits per heavy atom. The van der Waals surface area contributed by atoms with E-state index < -0.39 is 11.9 Å². The van der Waals surface area contributed by atoms with Crippen LogP contribution in [0.5, 0.6) is 0 Å². The molecule has 0 bridgehead atoms. The Kier molecular flexibility index (Phi) is 3.28. The summed E-state index contributed by atoms with van der Waals surface area (Å²) >= 11 is 0. The van der Waals surface area contributed by atoms with Crippen LogP contribution in [0, 0.1) is 5.92 Å². The van der Waals surface area contributed by atoms with Crippen molar-refractivity contribution in [1.82, 2.24) is 0 Å². The van der Waals surface area contributed by atoms with Crippen LogP contribution < -0.4 is 0 Å². The summed E-state index contributed by atoms with van der Waals surface area (Å²) in [6, 6.07) is 0. The largest absolute Gasteiger partial charge is 0.504 e. The van der Waals surface area contributed by atoms with Gasteiger partial charge >= 0.3 is 5.97 Å². The lowest BCUT2D eigenvalue weighted by Crippen LogP contribution is -2.22. The van der Waals surface area contributed by atoms with Crippen LogP contribution in [0.15, 0.2) is 11.3 Å². The molecule has 14 heavy (non-hydrogen) atoms. The predicted octanol–water partition coefficient (Wildman–Crippen LogP) is 1.66. The van der Waals surface area contributed by atoms with Crippen LogP contribution in [-0.2, 0) is 9.59 Å². The number of aliphatic hydroxyl groups is 1. The summed E-state index contributed by atoms with van der Waals surface area (Å²) < 4.78 is 0. The van der Waals surface area contributed by atoms with E-state index in [2.05, 4.69) is 0 Å².